The number of hydrogen-bond donors (Lipinski definition) is 2. The molecule has 45 heavy (non-hydrogen) atoms. The van der Waals surface area contributed by atoms with Crippen LogP contribution in [-0.2, 0) is 9.53 Å². The van der Waals surface area contributed by atoms with Crippen LogP contribution in [0.3, 0.4) is 0 Å². The van der Waals surface area contributed by atoms with E-state index in [1.807, 2.05) is 0 Å². The summed E-state index contributed by atoms with van der Waals surface area (Å²) < 4.78 is 4.63. The zero-order chi connectivity index (χ0) is 39.0. The molecule has 0 aliphatic heterocycles. The second kappa shape index (κ2) is 183. The van der Waals surface area contributed by atoms with Gasteiger partial charge in [0.05, 0.1) is 20.3 Å². The molecule has 0 heterocycles. The summed E-state index contributed by atoms with van der Waals surface area (Å²) in [5, 5.41) is 15.2. The SMILES string of the molecule is C=C.C=C.C=C.C=C.C=C.C=C.C=C.C=C.C=C.C=C.CCCCCCCCCCCCCCCCCC(=O)OC.OCCO. The molecule has 0 spiro atoms. The first-order valence-electron chi connectivity index (χ1n) is 15.5. The molecule has 0 amide bonds. The third-order valence-corrected chi connectivity index (χ3v) is 4.31. The Labute approximate surface area is 286 Å². The summed E-state index contributed by atoms with van der Waals surface area (Å²) in [5.74, 6) is -0.0651. The molecule has 0 aliphatic carbocycles. The van der Waals surface area contributed by atoms with E-state index in [-0.39, 0.29) is 19.2 Å². The smallest absolute Gasteiger partial charge is 0.305 e. The van der Waals surface area contributed by atoms with Gasteiger partial charge < -0.3 is 14.9 Å². The fourth-order valence-corrected chi connectivity index (χ4v) is 2.74. The summed E-state index contributed by atoms with van der Waals surface area (Å²) in [6.45, 7) is 62.0. The van der Waals surface area contributed by atoms with E-state index in [2.05, 4.69) is 143 Å². The van der Waals surface area contributed by atoms with Crippen molar-refractivity contribution in [3.63, 3.8) is 0 Å². The molecule has 2 N–H and O–H groups in total. The molecular weight excluding hydrogens is 556 g/mol. The highest BCUT2D eigenvalue weighted by Gasteiger charge is 1.99. The summed E-state index contributed by atoms with van der Waals surface area (Å²) in [4.78, 5) is 10.9. The van der Waals surface area contributed by atoms with Gasteiger partial charge in [-0.3, -0.25) is 4.79 Å². The molecule has 0 unspecified atom stereocenters. The van der Waals surface area contributed by atoms with E-state index >= 15 is 0 Å². The molecule has 0 fully saturated rings. The van der Waals surface area contributed by atoms with Gasteiger partial charge in [0.25, 0.3) is 0 Å². The monoisotopic (exact) mass is 641 g/mol. The second-order valence-electron chi connectivity index (χ2n) is 6.72. The Morgan fingerprint density at radius 3 is 0.733 bits per heavy atom. The van der Waals surface area contributed by atoms with Gasteiger partial charge in [-0.05, 0) is 6.42 Å². The van der Waals surface area contributed by atoms with Crippen LogP contribution >= 0.6 is 0 Å². The lowest BCUT2D eigenvalue weighted by molar-refractivity contribution is -0.140. The highest BCUT2D eigenvalue weighted by Crippen LogP contribution is 2.13. The van der Waals surface area contributed by atoms with Gasteiger partial charge in [-0.25, -0.2) is 0 Å². The Hall–Kier alpha value is -3.21. The molecule has 0 rings (SSSR count). The van der Waals surface area contributed by atoms with Gasteiger partial charge in [0, 0.05) is 6.42 Å². The van der Waals surface area contributed by atoms with Crippen LogP contribution in [0, 0.1) is 0 Å². The van der Waals surface area contributed by atoms with Crippen LogP contribution in [0.1, 0.15) is 110 Å². The molecule has 272 valence electrons. The average molecular weight is 641 g/mol. The van der Waals surface area contributed by atoms with Crippen LogP contribution in [0.25, 0.3) is 0 Å². The van der Waals surface area contributed by atoms with Crippen LogP contribution in [0.2, 0.25) is 0 Å². The van der Waals surface area contributed by atoms with Crippen LogP contribution in [-0.4, -0.2) is 36.5 Å². The Morgan fingerprint density at radius 1 is 0.400 bits per heavy atom. The Morgan fingerprint density at radius 2 is 0.578 bits per heavy atom. The molecular formula is C41H84O4. The molecule has 0 saturated carbocycles. The molecule has 0 aromatic rings. The van der Waals surface area contributed by atoms with Gasteiger partial charge in [0.1, 0.15) is 0 Å². The Kier molecular flexibility index (Phi) is 318. The summed E-state index contributed by atoms with van der Waals surface area (Å²) in [7, 11) is 1.47. The second-order valence-corrected chi connectivity index (χ2v) is 6.72. The van der Waals surface area contributed by atoms with Crippen LogP contribution in [0.15, 0.2) is 132 Å². The number of carbonyl (C=O) groups excluding carboxylic acids is 1. The van der Waals surface area contributed by atoms with Crippen molar-refractivity contribution in [1.82, 2.24) is 0 Å². The van der Waals surface area contributed by atoms with Gasteiger partial charge in [-0.15, -0.1) is 132 Å². The third-order valence-electron chi connectivity index (χ3n) is 4.31. The van der Waals surface area contributed by atoms with Crippen molar-refractivity contribution < 1.29 is 19.7 Å². The lowest BCUT2D eigenvalue weighted by Gasteiger charge is -2.03. The maximum absolute atomic E-state index is 10.9. The fourth-order valence-electron chi connectivity index (χ4n) is 2.74. The number of ether oxygens (including phenoxy) is 1. The minimum atomic E-state index is -0.125. The van der Waals surface area contributed by atoms with Crippen LogP contribution in [0.4, 0.5) is 0 Å². The maximum atomic E-state index is 10.9. The number of rotatable bonds is 17. The van der Waals surface area contributed by atoms with Gasteiger partial charge in [-0.2, -0.15) is 0 Å². The summed E-state index contributed by atoms with van der Waals surface area (Å²) >= 11 is 0. The normalized spacial score (nSPS) is 6.58. The van der Waals surface area contributed by atoms with Crippen molar-refractivity contribution in [2.75, 3.05) is 20.3 Å². The van der Waals surface area contributed by atoms with Gasteiger partial charge in [-0.1, -0.05) is 96.8 Å². The molecule has 4 nitrogen and oxygen atoms in total. The van der Waals surface area contributed by atoms with Crippen molar-refractivity contribution in [3.8, 4) is 0 Å². The zero-order valence-corrected chi connectivity index (χ0v) is 31.1. The van der Waals surface area contributed by atoms with Crippen molar-refractivity contribution in [2.45, 2.75) is 110 Å². The number of aliphatic hydroxyl groups excluding tert-OH is 2. The topological polar surface area (TPSA) is 66.8 Å². The molecule has 0 saturated heterocycles. The summed E-state index contributed by atoms with van der Waals surface area (Å²) in [5.41, 5.74) is 0. The number of unbranched alkanes of at least 4 members (excludes halogenated alkanes) is 14. The highest BCUT2D eigenvalue weighted by molar-refractivity contribution is 5.68. The first-order chi connectivity index (χ1) is 22.2. The third kappa shape index (κ3) is 218. The summed E-state index contributed by atoms with van der Waals surface area (Å²) in [6.07, 6.45) is 20.9. The molecule has 0 atom stereocenters. The van der Waals surface area contributed by atoms with Crippen molar-refractivity contribution in [3.05, 3.63) is 132 Å². The lowest BCUT2D eigenvalue weighted by Crippen LogP contribution is -1.99. The van der Waals surface area contributed by atoms with Crippen LogP contribution in [0.5, 0.6) is 0 Å². The average Bonchev–Trinajstić information content (AvgIpc) is 3.18. The van der Waals surface area contributed by atoms with E-state index in [0.717, 1.165) is 6.42 Å². The maximum Gasteiger partial charge on any atom is 0.305 e. The first-order valence-corrected chi connectivity index (χ1v) is 15.5. The molecule has 0 aromatic carbocycles. The predicted molar refractivity (Wildman–Crippen MR) is 218 cm³/mol. The molecule has 4 heteroatoms. The minimum Gasteiger partial charge on any atom is -0.469 e. The van der Waals surface area contributed by atoms with E-state index in [4.69, 9.17) is 10.2 Å². The standard InChI is InChI=1S/C19H38O2.C2H6O2.10C2H4/c1-3-4-5-6-7-8-9-10-11-12-13-14-15-16-17-18-19(20)21-2;3-1-2-4;10*1-2/h3-18H2,1-2H3;3-4H,1-2H2;10*1-2H2. The van der Waals surface area contributed by atoms with E-state index in [0.29, 0.717) is 6.42 Å². The predicted octanol–water partition coefficient (Wildman–Crippen LogP) is 13.4. The quantitative estimate of drug-likeness (QED) is 0.0943. The number of carbonyl (C=O) groups is 1. The van der Waals surface area contributed by atoms with E-state index < -0.39 is 0 Å². The summed E-state index contributed by atoms with van der Waals surface area (Å²) in [6, 6.07) is 0. The largest absolute Gasteiger partial charge is 0.469 e. The van der Waals surface area contributed by atoms with E-state index in [9.17, 15) is 4.79 Å². The molecule has 0 aliphatic rings. The van der Waals surface area contributed by atoms with Crippen molar-refractivity contribution in [2.24, 2.45) is 0 Å². The Bertz CT molecular complexity index is 339. The minimum absolute atomic E-state index is 0.0651. The van der Waals surface area contributed by atoms with E-state index in [1.54, 1.807) is 0 Å². The number of aliphatic hydroxyl groups is 2. The fraction of sp³-hybridized carbons (Fsp3) is 0.488. The van der Waals surface area contributed by atoms with Gasteiger partial charge in [0.2, 0.25) is 0 Å². The van der Waals surface area contributed by atoms with E-state index in [1.165, 1.54) is 97.0 Å². The molecule has 0 bridgehead atoms. The zero-order valence-electron chi connectivity index (χ0n) is 31.1. The Balaban J connectivity index is -0.0000000376. The molecule has 0 aromatic heterocycles. The van der Waals surface area contributed by atoms with Crippen molar-refractivity contribution >= 4 is 5.97 Å². The van der Waals surface area contributed by atoms with Crippen molar-refractivity contribution in [1.29, 1.82) is 0 Å². The highest BCUT2D eigenvalue weighted by atomic mass is 16.5. The number of hydrogen-bond acceptors (Lipinski definition) is 4. The van der Waals surface area contributed by atoms with Gasteiger partial charge in [0.15, 0.2) is 0 Å². The van der Waals surface area contributed by atoms with Gasteiger partial charge >= 0.3 is 5.97 Å². The van der Waals surface area contributed by atoms with Crippen LogP contribution < -0.4 is 0 Å². The number of esters is 1. The number of methoxy groups -OCH3 is 1. The first kappa shape index (κ1) is 78.3. The lowest BCUT2D eigenvalue weighted by atomic mass is 10.0. The molecule has 0 radical (unpaired) electrons.